The van der Waals surface area contributed by atoms with E-state index in [0.717, 1.165) is 0 Å². The molecule has 170 valence electrons. The molecule has 3 aliphatic rings. The molecular weight excluding hydrogens is 408 g/mol. The minimum Gasteiger partial charge on any atom is -0.497 e. The van der Waals surface area contributed by atoms with Crippen molar-refractivity contribution in [2.75, 3.05) is 19.0 Å². The summed E-state index contributed by atoms with van der Waals surface area (Å²) in [5.74, 6) is -1.98. The fourth-order valence-corrected chi connectivity index (χ4v) is 3.97. The van der Waals surface area contributed by atoms with Crippen molar-refractivity contribution in [3.8, 4) is 5.75 Å². The Kier molecular flexibility index (Phi) is 5.69. The lowest BCUT2D eigenvalue weighted by Gasteiger charge is -2.36. The molecule has 5 atom stereocenters. The summed E-state index contributed by atoms with van der Waals surface area (Å²) < 4.78 is 34.6. The Bertz CT molecular complexity index is 840. The fraction of sp³-hybridized carbons (Fsp3) is 0.619. The van der Waals surface area contributed by atoms with Crippen LogP contribution < -0.4 is 15.4 Å². The van der Waals surface area contributed by atoms with Gasteiger partial charge in [0, 0.05) is 5.69 Å². The first-order chi connectivity index (χ1) is 14.6. The van der Waals surface area contributed by atoms with E-state index in [1.165, 1.54) is 0 Å². The van der Waals surface area contributed by atoms with Crippen molar-refractivity contribution in [3.05, 3.63) is 24.3 Å². The van der Waals surface area contributed by atoms with Crippen molar-refractivity contribution in [1.82, 2.24) is 5.32 Å². The summed E-state index contributed by atoms with van der Waals surface area (Å²) in [5.41, 5.74) is 0.588. The van der Waals surface area contributed by atoms with Crippen LogP contribution in [-0.2, 0) is 33.3 Å². The van der Waals surface area contributed by atoms with E-state index in [4.69, 9.17) is 28.4 Å². The van der Waals surface area contributed by atoms with E-state index in [9.17, 15) is 9.59 Å². The highest BCUT2D eigenvalue weighted by Crippen LogP contribution is 2.44. The molecule has 0 unspecified atom stereocenters. The van der Waals surface area contributed by atoms with Crippen molar-refractivity contribution in [2.24, 2.45) is 0 Å². The van der Waals surface area contributed by atoms with Gasteiger partial charge in [0.15, 0.2) is 24.0 Å². The second-order valence-electron chi connectivity index (χ2n) is 8.58. The van der Waals surface area contributed by atoms with E-state index in [1.54, 1.807) is 59.1 Å². The summed E-state index contributed by atoms with van der Waals surface area (Å²) in [6.07, 6.45) is -3.56. The average molecular weight is 436 g/mol. The number of anilines is 1. The van der Waals surface area contributed by atoms with E-state index < -0.39 is 48.2 Å². The first-order valence-electron chi connectivity index (χ1n) is 10.2. The normalized spacial score (nSPS) is 32.6. The average Bonchev–Trinajstić information content (AvgIpc) is 3.19. The molecule has 3 fully saturated rings. The minimum atomic E-state index is -1.01. The fourth-order valence-electron chi connectivity index (χ4n) is 3.97. The summed E-state index contributed by atoms with van der Waals surface area (Å²) in [7, 11) is 1.56. The third kappa shape index (κ3) is 4.68. The summed E-state index contributed by atoms with van der Waals surface area (Å²) in [6, 6.07) is 6.87. The highest BCUT2D eigenvalue weighted by Gasteiger charge is 2.62. The Hall–Kier alpha value is -2.24. The van der Waals surface area contributed by atoms with Crippen molar-refractivity contribution < 1.29 is 38.0 Å². The zero-order valence-corrected chi connectivity index (χ0v) is 18.2. The quantitative estimate of drug-likeness (QED) is 0.707. The number of nitrogens with one attached hydrogen (secondary N) is 2. The smallest absolute Gasteiger partial charge is 0.252 e. The minimum absolute atomic E-state index is 0.233. The molecule has 2 N–H and O–H groups in total. The number of ether oxygens (including phenoxy) is 6. The van der Waals surface area contributed by atoms with E-state index >= 15 is 0 Å². The maximum Gasteiger partial charge on any atom is 0.252 e. The number of rotatable bonds is 5. The summed E-state index contributed by atoms with van der Waals surface area (Å²) >= 11 is 0. The molecule has 0 spiro atoms. The Labute approximate surface area is 180 Å². The Morgan fingerprint density at radius 3 is 2.23 bits per heavy atom. The van der Waals surface area contributed by atoms with Crippen LogP contribution in [0.15, 0.2) is 24.3 Å². The van der Waals surface area contributed by atoms with E-state index in [0.29, 0.717) is 11.4 Å². The van der Waals surface area contributed by atoms with Crippen LogP contribution in [0.2, 0.25) is 0 Å². The van der Waals surface area contributed by atoms with Gasteiger partial charge in [-0.1, -0.05) is 0 Å². The Balaban J connectivity index is 1.38. The molecular formula is C21H28N2O8. The molecule has 0 bridgehead atoms. The van der Waals surface area contributed by atoms with Gasteiger partial charge in [-0.3, -0.25) is 9.59 Å². The van der Waals surface area contributed by atoms with Gasteiger partial charge in [-0.25, -0.2) is 0 Å². The second-order valence-corrected chi connectivity index (χ2v) is 8.58. The van der Waals surface area contributed by atoms with E-state index in [1.807, 2.05) is 0 Å². The maximum absolute atomic E-state index is 12.9. The van der Waals surface area contributed by atoms with Crippen LogP contribution in [0.5, 0.6) is 5.75 Å². The van der Waals surface area contributed by atoms with Gasteiger partial charge in [0.05, 0.1) is 13.7 Å². The second kappa shape index (κ2) is 8.03. The molecule has 10 nitrogen and oxygen atoms in total. The summed E-state index contributed by atoms with van der Waals surface area (Å²) in [4.78, 5) is 25.1. The van der Waals surface area contributed by atoms with Crippen LogP contribution in [0.25, 0.3) is 0 Å². The predicted molar refractivity (Wildman–Crippen MR) is 107 cm³/mol. The van der Waals surface area contributed by atoms with E-state index in [-0.39, 0.29) is 12.5 Å². The van der Waals surface area contributed by atoms with Gasteiger partial charge in [-0.05, 0) is 52.0 Å². The van der Waals surface area contributed by atoms with Crippen molar-refractivity contribution in [3.63, 3.8) is 0 Å². The summed E-state index contributed by atoms with van der Waals surface area (Å²) in [6.45, 7) is 6.83. The maximum atomic E-state index is 12.9. The third-order valence-electron chi connectivity index (χ3n) is 5.21. The number of fused-ring (bicyclic) bond motifs is 3. The number of benzene rings is 1. The van der Waals surface area contributed by atoms with Crippen molar-refractivity contribution in [1.29, 1.82) is 0 Å². The molecule has 0 aliphatic carbocycles. The monoisotopic (exact) mass is 436 g/mol. The van der Waals surface area contributed by atoms with Crippen LogP contribution >= 0.6 is 0 Å². The lowest BCUT2D eigenvalue weighted by atomic mass is 9.98. The molecule has 0 saturated carbocycles. The molecule has 0 radical (unpaired) electrons. The van der Waals surface area contributed by atoms with Gasteiger partial charge in [0.2, 0.25) is 5.91 Å². The van der Waals surface area contributed by atoms with Crippen LogP contribution in [0.4, 0.5) is 5.69 Å². The van der Waals surface area contributed by atoms with Gasteiger partial charge in [-0.15, -0.1) is 0 Å². The summed E-state index contributed by atoms with van der Waals surface area (Å²) in [5, 5.41) is 5.31. The van der Waals surface area contributed by atoms with Crippen LogP contribution in [0.3, 0.4) is 0 Å². The van der Waals surface area contributed by atoms with Crippen molar-refractivity contribution in [2.45, 2.75) is 70.0 Å². The molecule has 10 heteroatoms. The van der Waals surface area contributed by atoms with Gasteiger partial charge >= 0.3 is 0 Å². The molecule has 0 aromatic heterocycles. The van der Waals surface area contributed by atoms with Gasteiger partial charge in [0.25, 0.3) is 5.91 Å². The Morgan fingerprint density at radius 1 is 0.935 bits per heavy atom. The SMILES string of the molecule is COc1ccc(NC(=O)CNC(=O)[C@H]2O[C@@H]3OC(C)(C)O[C@@H]3[C@H]3OC(C)(C)O[C@H]32)cc1. The van der Waals surface area contributed by atoms with Gasteiger partial charge < -0.3 is 39.1 Å². The topological polar surface area (TPSA) is 114 Å². The number of methoxy groups -OCH3 is 1. The number of amides is 2. The largest absolute Gasteiger partial charge is 0.497 e. The zero-order chi connectivity index (χ0) is 22.4. The van der Waals surface area contributed by atoms with Crippen LogP contribution in [0.1, 0.15) is 27.7 Å². The van der Waals surface area contributed by atoms with Crippen LogP contribution in [-0.4, -0.2) is 67.7 Å². The standard InChI is InChI=1S/C21H28N2O8/c1-20(2)28-14-15(29-20)17-19(31-21(3,4)30-17)27-16(14)18(25)22-10-13(24)23-11-6-8-12(26-5)9-7-11/h6-9,14-17,19H,10H2,1-5H3,(H,22,25)(H,23,24)/t14-,15+,16+,17-,19-/m1/s1. The first-order valence-corrected chi connectivity index (χ1v) is 10.2. The highest BCUT2D eigenvalue weighted by atomic mass is 16.9. The van der Waals surface area contributed by atoms with Crippen LogP contribution in [0, 0.1) is 0 Å². The first kappa shape index (κ1) is 22.0. The molecule has 3 aliphatic heterocycles. The van der Waals surface area contributed by atoms with Gasteiger partial charge in [0.1, 0.15) is 24.1 Å². The number of carbonyl (C=O) groups excluding carboxylic acids is 2. The number of hydrogen-bond acceptors (Lipinski definition) is 8. The zero-order valence-electron chi connectivity index (χ0n) is 18.2. The molecule has 31 heavy (non-hydrogen) atoms. The molecule has 1 aromatic carbocycles. The van der Waals surface area contributed by atoms with Crippen molar-refractivity contribution >= 4 is 17.5 Å². The molecule has 3 heterocycles. The lowest BCUT2D eigenvalue weighted by Crippen LogP contribution is -2.59. The third-order valence-corrected chi connectivity index (χ3v) is 5.21. The molecule has 4 rings (SSSR count). The molecule has 2 amide bonds. The number of hydrogen-bond donors (Lipinski definition) is 2. The predicted octanol–water partition coefficient (Wildman–Crippen LogP) is 1.15. The van der Waals surface area contributed by atoms with Gasteiger partial charge in [-0.2, -0.15) is 0 Å². The molecule has 1 aromatic rings. The molecule has 3 saturated heterocycles. The lowest BCUT2D eigenvalue weighted by molar-refractivity contribution is -0.231. The van der Waals surface area contributed by atoms with E-state index in [2.05, 4.69) is 10.6 Å². The Morgan fingerprint density at radius 2 is 1.55 bits per heavy atom. The number of carbonyl (C=O) groups is 2. The highest BCUT2D eigenvalue weighted by molar-refractivity contribution is 5.95.